The number of hydrogen-bond acceptors (Lipinski definition) is 9. The number of benzene rings is 3. The van der Waals surface area contributed by atoms with Crippen LogP contribution >= 0.6 is 0 Å². The van der Waals surface area contributed by atoms with Crippen molar-refractivity contribution in [1.82, 2.24) is 9.66 Å². The number of ether oxygens (including phenoxy) is 4. The Balaban J connectivity index is 1.65. The molecule has 11 heteroatoms. The zero-order valence-electron chi connectivity index (χ0n) is 22.1. The minimum Gasteiger partial charge on any atom is -0.496 e. The molecule has 11 nitrogen and oxygen atoms in total. The van der Waals surface area contributed by atoms with Crippen molar-refractivity contribution in [3.63, 3.8) is 0 Å². The average molecular weight is 544 g/mol. The number of nitrogens with zero attached hydrogens (tertiary/aromatic N) is 3. The van der Waals surface area contributed by atoms with Gasteiger partial charge in [-0.25, -0.2) is 9.78 Å². The van der Waals surface area contributed by atoms with E-state index in [1.54, 1.807) is 61.7 Å². The molecule has 0 saturated carbocycles. The van der Waals surface area contributed by atoms with E-state index in [1.807, 2.05) is 6.07 Å². The van der Waals surface area contributed by atoms with Gasteiger partial charge in [0.15, 0.2) is 23.4 Å². The lowest BCUT2D eigenvalue weighted by Crippen LogP contribution is -2.23. The Kier molecular flexibility index (Phi) is 7.11. The summed E-state index contributed by atoms with van der Waals surface area (Å²) in [5, 5.41) is 14.8. The Bertz CT molecular complexity index is 1800. The van der Waals surface area contributed by atoms with Gasteiger partial charge in [0.05, 0.1) is 43.8 Å². The summed E-state index contributed by atoms with van der Waals surface area (Å²) in [5.74, 6) is 0.551. The van der Waals surface area contributed by atoms with Crippen molar-refractivity contribution >= 4 is 34.1 Å². The van der Waals surface area contributed by atoms with Crippen LogP contribution in [0.15, 0.2) is 75.0 Å². The lowest BCUT2D eigenvalue weighted by atomic mass is 10.2. The van der Waals surface area contributed by atoms with Crippen molar-refractivity contribution in [2.75, 3.05) is 21.3 Å². The first-order valence-corrected chi connectivity index (χ1v) is 12.1. The fraction of sp³-hybridized carbons (Fsp3) is 0.172. The normalized spacial score (nSPS) is 12.1. The number of aromatic nitrogens is 2. The van der Waals surface area contributed by atoms with Gasteiger partial charge in [-0.3, -0.25) is 4.79 Å². The van der Waals surface area contributed by atoms with Crippen molar-refractivity contribution in [2.24, 2.45) is 5.10 Å². The third-order valence-electron chi connectivity index (χ3n) is 6.16. The highest BCUT2D eigenvalue weighted by atomic mass is 16.6. The van der Waals surface area contributed by atoms with Crippen LogP contribution in [0.2, 0.25) is 0 Å². The van der Waals surface area contributed by atoms with Crippen molar-refractivity contribution in [3.05, 3.63) is 76.6 Å². The summed E-state index contributed by atoms with van der Waals surface area (Å²) in [6, 6.07) is 17.3. The van der Waals surface area contributed by atoms with Gasteiger partial charge in [0.1, 0.15) is 11.3 Å². The molecule has 0 bridgehead atoms. The lowest BCUT2D eigenvalue weighted by molar-refractivity contribution is -0.144. The van der Waals surface area contributed by atoms with E-state index >= 15 is 0 Å². The molecule has 0 aliphatic carbocycles. The van der Waals surface area contributed by atoms with Gasteiger partial charge in [0, 0.05) is 5.56 Å². The zero-order valence-corrected chi connectivity index (χ0v) is 22.1. The fourth-order valence-corrected chi connectivity index (χ4v) is 4.16. The van der Waals surface area contributed by atoms with E-state index in [-0.39, 0.29) is 23.1 Å². The number of fused-ring (bicyclic) bond motifs is 2. The summed E-state index contributed by atoms with van der Waals surface area (Å²) in [6.07, 6.45) is 0.287. The molecule has 2 aromatic heterocycles. The number of hydrogen-bond donors (Lipinski definition) is 1. The van der Waals surface area contributed by atoms with Crippen LogP contribution in [0.3, 0.4) is 0 Å². The molecule has 3 aromatic carbocycles. The summed E-state index contributed by atoms with van der Waals surface area (Å²) in [6.45, 7) is 1.39. The van der Waals surface area contributed by atoms with E-state index in [1.165, 1.54) is 27.4 Å². The summed E-state index contributed by atoms with van der Waals surface area (Å²) in [7, 11) is 4.40. The highest BCUT2D eigenvalue weighted by molar-refractivity contribution is 5.89. The maximum absolute atomic E-state index is 13.6. The Labute approximate surface area is 227 Å². The Morgan fingerprint density at radius 3 is 2.35 bits per heavy atom. The molecule has 2 heterocycles. The molecule has 0 amide bonds. The zero-order chi connectivity index (χ0) is 28.4. The van der Waals surface area contributed by atoms with Crippen LogP contribution in [0.1, 0.15) is 12.5 Å². The second kappa shape index (κ2) is 10.8. The van der Waals surface area contributed by atoms with E-state index in [4.69, 9.17) is 23.4 Å². The van der Waals surface area contributed by atoms with E-state index < -0.39 is 17.6 Å². The molecule has 0 aliphatic heterocycles. The highest BCUT2D eigenvalue weighted by Crippen LogP contribution is 2.39. The molecule has 5 rings (SSSR count). The molecule has 0 unspecified atom stereocenters. The topological polar surface area (TPSA) is 135 Å². The summed E-state index contributed by atoms with van der Waals surface area (Å²) in [4.78, 5) is 29.6. The smallest absolute Gasteiger partial charge is 0.344 e. The largest absolute Gasteiger partial charge is 0.496 e. The molecule has 5 aromatic rings. The molecule has 1 N–H and O–H groups in total. The Morgan fingerprint density at radius 1 is 0.975 bits per heavy atom. The van der Waals surface area contributed by atoms with Gasteiger partial charge in [-0.2, -0.15) is 9.78 Å². The van der Waals surface area contributed by atoms with Gasteiger partial charge in [-0.05, 0) is 49.4 Å². The van der Waals surface area contributed by atoms with Crippen LogP contribution in [0, 0.1) is 0 Å². The van der Waals surface area contributed by atoms with Crippen molar-refractivity contribution in [3.8, 4) is 34.6 Å². The summed E-state index contributed by atoms with van der Waals surface area (Å²) in [5.41, 5.74) is 1.13. The molecule has 0 fully saturated rings. The molecular weight excluding hydrogens is 518 g/mol. The molecule has 0 spiro atoms. The lowest BCUT2D eigenvalue weighted by Gasteiger charge is -2.17. The van der Waals surface area contributed by atoms with Gasteiger partial charge in [-0.1, -0.05) is 18.2 Å². The molecular formula is C29H25N3O8. The number of carbonyl (C=O) groups is 1. The minimum absolute atomic E-state index is 0.124. The number of methoxy groups -OCH3 is 3. The van der Waals surface area contributed by atoms with Crippen LogP contribution in [-0.2, 0) is 4.79 Å². The van der Waals surface area contributed by atoms with E-state index in [0.717, 1.165) is 10.1 Å². The SMILES string of the molecule is COc1cc(C=Nn2c(-c3cc4c(OC)cccc4o3)nc3ccccc3c2=O)cc(OC)c1O[C@H](C)C(=O)O. The number of rotatable bonds is 9. The van der Waals surface area contributed by atoms with Gasteiger partial charge in [-0.15, -0.1) is 0 Å². The van der Waals surface area contributed by atoms with E-state index in [9.17, 15) is 14.7 Å². The quantitative estimate of drug-likeness (QED) is 0.265. The molecule has 1 atom stereocenters. The number of para-hydroxylation sites is 1. The van der Waals surface area contributed by atoms with Crippen LogP contribution < -0.4 is 24.5 Å². The van der Waals surface area contributed by atoms with E-state index in [2.05, 4.69) is 10.1 Å². The second-order valence-corrected chi connectivity index (χ2v) is 8.65. The standard InChI is InChI=1S/C29H25N3O8/c1-16(29(34)35)39-26-23(37-3)12-17(13-24(26)38-4)15-30-32-27(31-20-9-6-5-8-18(20)28(32)33)25-14-19-21(36-2)10-7-11-22(19)40-25/h5-16H,1-4H3,(H,34,35)/t16-/m1/s1. The van der Waals surface area contributed by atoms with Crippen LogP contribution in [0.25, 0.3) is 33.5 Å². The first-order chi connectivity index (χ1) is 19.3. The first-order valence-electron chi connectivity index (χ1n) is 12.1. The Hall–Kier alpha value is -5.32. The van der Waals surface area contributed by atoms with E-state index in [0.29, 0.717) is 33.6 Å². The molecule has 40 heavy (non-hydrogen) atoms. The maximum Gasteiger partial charge on any atom is 0.344 e. The predicted molar refractivity (Wildman–Crippen MR) is 148 cm³/mol. The van der Waals surface area contributed by atoms with Gasteiger partial charge in [0.25, 0.3) is 5.56 Å². The van der Waals surface area contributed by atoms with Crippen LogP contribution in [0.4, 0.5) is 0 Å². The predicted octanol–water partition coefficient (Wildman–Crippen LogP) is 4.57. The van der Waals surface area contributed by atoms with Gasteiger partial charge in [0.2, 0.25) is 11.6 Å². The monoisotopic (exact) mass is 543 g/mol. The van der Waals surface area contributed by atoms with Crippen molar-refractivity contribution < 1.29 is 33.3 Å². The molecule has 204 valence electrons. The summed E-state index contributed by atoms with van der Waals surface area (Å²) >= 11 is 0. The van der Waals surface area contributed by atoms with Crippen molar-refractivity contribution in [1.29, 1.82) is 0 Å². The third kappa shape index (κ3) is 4.80. The van der Waals surface area contributed by atoms with Crippen LogP contribution in [-0.4, -0.2) is 54.4 Å². The summed E-state index contributed by atoms with van der Waals surface area (Å²) < 4.78 is 29.1. The number of carboxylic acid groups (broad SMARTS) is 1. The fourth-order valence-electron chi connectivity index (χ4n) is 4.16. The Morgan fingerprint density at radius 2 is 1.68 bits per heavy atom. The van der Waals surface area contributed by atoms with Gasteiger partial charge >= 0.3 is 5.97 Å². The number of aliphatic carboxylic acids is 1. The molecule has 0 aliphatic rings. The molecule has 0 radical (unpaired) electrons. The maximum atomic E-state index is 13.6. The van der Waals surface area contributed by atoms with Crippen LogP contribution in [0.5, 0.6) is 23.0 Å². The number of carboxylic acids is 1. The van der Waals surface area contributed by atoms with Crippen molar-refractivity contribution in [2.45, 2.75) is 13.0 Å². The minimum atomic E-state index is -1.14. The third-order valence-corrected chi connectivity index (χ3v) is 6.16. The second-order valence-electron chi connectivity index (χ2n) is 8.65. The van der Waals surface area contributed by atoms with Gasteiger partial charge < -0.3 is 28.5 Å². The molecule has 0 saturated heterocycles. The highest BCUT2D eigenvalue weighted by Gasteiger charge is 2.21. The number of furan rings is 1. The average Bonchev–Trinajstić information content (AvgIpc) is 3.41. The first kappa shape index (κ1) is 26.3.